The molecular weight excluding hydrogens is 544 g/mol. The van der Waals surface area contributed by atoms with Crippen LogP contribution in [0.15, 0.2) is 0 Å². The standard InChI is InChI=1S/C39H78N2O3/c1-3-5-7-9-11-13-15-17-19-21-23-25-27-29-31-33-35-41(38(42)37-40-39(43)44)36-34-32-30-28-26-24-22-20-18-16-14-12-10-8-6-4-2/h40H,3-37H2,1-2H3,(H,43,44). The number of nitrogens with one attached hydrogen (secondary N) is 1. The lowest BCUT2D eigenvalue weighted by Gasteiger charge is -2.23. The summed E-state index contributed by atoms with van der Waals surface area (Å²) in [5, 5.41) is 11.2. The number of amides is 2. The van der Waals surface area contributed by atoms with Crippen molar-refractivity contribution in [3.05, 3.63) is 0 Å². The summed E-state index contributed by atoms with van der Waals surface area (Å²) in [6, 6.07) is 0. The second-order valence-corrected chi connectivity index (χ2v) is 13.6. The Balaban J connectivity index is 3.75. The fourth-order valence-electron chi connectivity index (χ4n) is 6.33. The Morgan fingerprint density at radius 2 is 0.636 bits per heavy atom. The van der Waals surface area contributed by atoms with Crippen LogP contribution in [0.4, 0.5) is 4.79 Å². The molecule has 2 amide bonds. The molecule has 0 spiro atoms. The van der Waals surface area contributed by atoms with Crippen LogP contribution >= 0.6 is 0 Å². The van der Waals surface area contributed by atoms with Crippen LogP contribution < -0.4 is 5.32 Å². The van der Waals surface area contributed by atoms with Crippen molar-refractivity contribution in [3.63, 3.8) is 0 Å². The minimum atomic E-state index is -1.12. The summed E-state index contributed by atoms with van der Waals surface area (Å²) >= 11 is 0. The summed E-state index contributed by atoms with van der Waals surface area (Å²) in [6.45, 7) is 5.98. The molecule has 0 bridgehead atoms. The van der Waals surface area contributed by atoms with Gasteiger partial charge in [0.2, 0.25) is 5.91 Å². The van der Waals surface area contributed by atoms with E-state index in [9.17, 15) is 9.59 Å². The van der Waals surface area contributed by atoms with Crippen molar-refractivity contribution in [2.45, 2.75) is 219 Å². The first kappa shape index (κ1) is 42.7. The third-order valence-electron chi connectivity index (χ3n) is 9.31. The van der Waals surface area contributed by atoms with E-state index in [4.69, 9.17) is 5.11 Å². The molecule has 0 saturated heterocycles. The first-order valence-electron chi connectivity index (χ1n) is 19.9. The summed E-state index contributed by atoms with van der Waals surface area (Å²) in [5.74, 6) is -0.0747. The molecule has 0 aliphatic carbocycles. The maximum atomic E-state index is 12.6. The van der Waals surface area contributed by atoms with Crippen LogP contribution in [-0.2, 0) is 4.79 Å². The number of carbonyl (C=O) groups is 2. The Hall–Kier alpha value is -1.26. The van der Waals surface area contributed by atoms with Gasteiger partial charge in [-0.05, 0) is 12.8 Å². The highest BCUT2D eigenvalue weighted by Gasteiger charge is 2.13. The number of nitrogens with zero attached hydrogens (tertiary/aromatic N) is 1. The molecule has 0 rings (SSSR count). The number of carboxylic acid groups (broad SMARTS) is 1. The van der Waals surface area contributed by atoms with Gasteiger partial charge in [0.25, 0.3) is 0 Å². The van der Waals surface area contributed by atoms with E-state index in [1.807, 2.05) is 4.90 Å². The molecule has 2 N–H and O–H groups in total. The molecule has 0 aromatic rings. The van der Waals surface area contributed by atoms with Crippen LogP contribution in [0.3, 0.4) is 0 Å². The monoisotopic (exact) mass is 623 g/mol. The van der Waals surface area contributed by atoms with E-state index in [2.05, 4.69) is 19.2 Å². The van der Waals surface area contributed by atoms with Crippen LogP contribution in [0.1, 0.15) is 219 Å². The molecule has 0 radical (unpaired) electrons. The summed E-state index contributed by atoms with van der Waals surface area (Å²) < 4.78 is 0. The van der Waals surface area contributed by atoms with Crippen LogP contribution in [0, 0.1) is 0 Å². The molecule has 0 aliphatic heterocycles. The largest absolute Gasteiger partial charge is 0.465 e. The summed E-state index contributed by atoms with van der Waals surface area (Å²) in [4.78, 5) is 25.4. The zero-order valence-electron chi connectivity index (χ0n) is 30.0. The molecule has 0 aliphatic rings. The van der Waals surface area contributed by atoms with E-state index in [0.717, 1.165) is 38.8 Å². The van der Waals surface area contributed by atoms with Crippen molar-refractivity contribution in [3.8, 4) is 0 Å². The lowest BCUT2D eigenvalue weighted by atomic mass is 10.0. The summed E-state index contributed by atoms with van der Waals surface area (Å²) in [6.07, 6.45) is 41.8. The molecule has 44 heavy (non-hydrogen) atoms. The van der Waals surface area contributed by atoms with E-state index in [-0.39, 0.29) is 12.5 Å². The zero-order valence-corrected chi connectivity index (χ0v) is 30.0. The van der Waals surface area contributed by atoms with E-state index < -0.39 is 6.09 Å². The predicted octanol–water partition coefficient (Wildman–Crippen LogP) is 12.6. The fourth-order valence-corrected chi connectivity index (χ4v) is 6.33. The molecule has 0 aromatic carbocycles. The molecule has 5 heteroatoms. The lowest BCUT2D eigenvalue weighted by Crippen LogP contribution is -2.40. The number of carbonyl (C=O) groups excluding carboxylic acids is 1. The smallest absolute Gasteiger partial charge is 0.405 e. The van der Waals surface area contributed by atoms with Crippen LogP contribution in [0.25, 0.3) is 0 Å². The van der Waals surface area contributed by atoms with E-state index >= 15 is 0 Å². The third kappa shape index (κ3) is 33.6. The molecule has 0 saturated carbocycles. The van der Waals surface area contributed by atoms with Gasteiger partial charge in [0.15, 0.2) is 0 Å². The molecule has 0 unspecified atom stereocenters. The summed E-state index contributed by atoms with van der Waals surface area (Å²) in [7, 11) is 0. The normalized spacial score (nSPS) is 11.2. The predicted molar refractivity (Wildman–Crippen MR) is 192 cm³/mol. The van der Waals surface area contributed by atoms with Gasteiger partial charge in [-0.15, -0.1) is 0 Å². The van der Waals surface area contributed by atoms with E-state index in [1.165, 1.54) is 180 Å². The number of hydrogen-bond donors (Lipinski definition) is 2. The SMILES string of the molecule is CCCCCCCCCCCCCCCCCCN(CCCCCCCCCCCCCCCCCC)C(=O)CNC(=O)O. The zero-order chi connectivity index (χ0) is 32.2. The number of hydrogen-bond acceptors (Lipinski definition) is 2. The average molecular weight is 623 g/mol. The van der Waals surface area contributed by atoms with Crippen molar-refractivity contribution in [1.29, 1.82) is 0 Å². The highest BCUT2D eigenvalue weighted by molar-refractivity contribution is 5.81. The quantitative estimate of drug-likeness (QED) is 0.0683. The lowest BCUT2D eigenvalue weighted by molar-refractivity contribution is -0.130. The first-order valence-corrected chi connectivity index (χ1v) is 19.9. The Kier molecular flexibility index (Phi) is 35.2. The highest BCUT2D eigenvalue weighted by Crippen LogP contribution is 2.16. The Bertz CT molecular complexity index is 562. The Morgan fingerprint density at radius 3 is 0.864 bits per heavy atom. The van der Waals surface area contributed by atoms with Gasteiger partial charge >= 0.3 is 6.09 Å². The van der Waals surface area contributed by atoms with Gasteiger partial charge in [-0.25, -0.2) is 4.79 Å². The minimum absolute atomic E-state index is 0.0747. The van der Waals surface area contributed by atoms with Crippen LogP contribution in [0.5, 0.6) is 0 Å². The van der Waals surface area contributed by atoms with Crippen molar-refractivity contribution in [2.24, 2.45) is 0 Å². The van der Waals surface area contributed by atoms with Gasteiger partial charge in [0, 0.05) is 13.1 Å². The van der Waals surface area contributed by atoms with Crippen molar-refractivity contribution in [2.75, 3.05) is 19.6 Å². The minimum Gasteiger partial charge on any atom is -0.465 e. The van der Waals surface area contributed by atoms with Gasteiger partial charge < -0.3 is 15.3 Å². The second-order valence-electron chi connectivity index (χ2n) is 13.6. The molecular formula is C39H78N2O3. The Labute approximate surface area is 275 Å². The summed E-state index contributed by atoms with van der Waals surface area (Å²) in [5.41, 5.74) is 0. The second kappa shape index (κ2) is 36.2. The maximum absolute atomic E-state index is 12.6. The van der Waals surface area contributed by atoms with E-state index in [1.54, 1.807) is 0 Å². The van der Waals surface area contributed by atoms with Crippen molar-refractivity contribution >= 4 is 12.0 Å². The van der Waals surface area contributed by atoms with Crippen LogP contribution in [-0.4, -0.2) is 41.6 Å². The van der Waals surface area contributed by atoms with Gasteiger partial charge in [0.05, 0.1) is 0 Å². The van der Waals surface area contributed by atoms with Gasteiger partial charge in [-0.2, -0.15) is 0 Å². The number of unbranched alkanes of at least 4 members (excludes halogenated alkanes) is 30. The highest BCUT2D eigenvalue weighted by atomic mass is 16.4. The maximum Gasteiger partial charge on any atom is 0.405 e. The number of rotatable bonds is 36. The molecule has 0 atom stereocenters. The average Bonchev–Trinajstić information content (AvgIpc) is 3.02. The fraction of sp³-hybridized carbons (Fsp3) is 0.949. The molecule has 262 valence electrons. The van der Waals surface area contributed by atoms with Crippen molar-refractivity contribution in [1.82, 2.24) is 10.2 Å². The molecule has 0 heterocycles. The molecule has 0 fully saturated rings. The Morgan fingerprint density at radius 1 is 0.409 bits per heavy atom. The third-order valence-corrected chi connectivity index (χ3v) is 9.31. The topological polar surface area (TPSA) is 69.6 Å². The van der Waals surface area contributed by atoms with Gasteiger partial charge in [0.1, 0.15) is 6.54 Å². The molecule has 5 nitrogen and oxygen atoms in total. The first-order chi connectivity index (χ1) is 21.6. The van der Waals surface area contributed by atoms with E-state index in [0.29, 0.717) is 0 Å². The van der Waals surface area contributed by atoms with Gasteiger partial charge in [-0.3, -0.25) is 4.79 Å². The van der Waals surface area contributed by atoms with Gasteiger partial charge in [-0.1, -0.05) is 206 Å². The molecule has 0 aromatic heterocycles. The van der Waals surface area contributed by atoms with Crippen LogP contribution in [0.2, 0.25) is 0 Å². The van der Waals surface area contributed by atoms with Crippen molar-refractivity contribution < 1.29 is 14.7 Å².